The van der Waals surface area contributed by atoms with Gasteiger partial charge < -0.3 is 14.2 Å². The Balaban J connectivity index is 1.98. The van der Waals surface area contributed by atoms with Crippen LogP contribution in [0.15, 0.2) is 35.1 Å². The minimum absolute atomic E-state index is 0.0337. The molecule has 1 heterocycles. The van der Waals surface area contributed by atoms with Crippen molar-refractivity contribution in [2.75, 3.05) is 13.7 Å². The van der Waals surface area contributed by atoms with Crippen molar-refractivity contribution in [1.82, 2.24) is 0 Å². The maximum absolute atomic E-state index is 12.0. The lowest BCUT2D eigenvalue weighted by Crippen LogP contribution is -2.49. The van der Waals surface area contributed by atoms with Crippen LogP contribution >= 0.6 is 0 Å². The Morgan fingerprint density at radius 3 is 2.58 bits per heavy atom. The van der Waals surface area contributed by atoms with E-state index in [4.69, 9.17) is 14.2 Å². The number of methoxy groups -OCH3 is 1. The molecule has 1 aliphatic heterocycles. The number of hydrogen-bond acceptors (Lipinski definition) is 5. The van der Waals surface area contributed by atoms with Crippen LogP contribution in [-0.2, 0) is 23.8 Å². The second-order valence-corrected chi connectivity index (χ2v) is 10.6. The van der Waals surface area contributed by atoms with Gasteiger partial charge in [0, 0.05) is 25.5 Å². The van der Waals surface area contributed by atoms with Gasteiger partial charge in [0.2, 0.25) is 0 Å². The number of rotatable bonds is 7. The van der Waals surface area contributed by atoms with E-state index >= 15 is 0 Å². The minimum atomic E-state index is -0.363. The molecule has 0 aromatic heterocycles. The summed E-state index contributed by atoms with van der Waals surface area (Å²) in [6.07, 6.45) is 8.44. The molecule has 3 aliphatic rings. The Labute approximate surface area is 186 Å². The van der Waals surface area contributed by atoms with Crippen LogP contribution in [0.2, 0.25) is 0 Å². The van der Waals surface area contributed by atoms with Crippen LogP contribution in [0.4, 0.5) is 0 Å². The molecule has 3 rings (SSSR count). The van der Waals surface area contributed by atoms with E-state index in [0.29, 0.717) is 24.9 Å². The van der Waals surface area contributed by atoms with Crippen molar-refractivity contribution in [3.8, 4) is 0 Å². The molecule has 5 nitrogen and oxygen atoms in total. The quantitative estimate of drug-likeness (QED) is 0.242. The van der Waals surface area contributed by atoms with Crippen LogP contribution in [0.1, 0.15) is 67.2 Å². The average Bonchev–Trinajstić information content (AvgIpc) is 3.06. The second kappa shape index (κ2) is 9.03. The van der Waals surface area contributed by atoms with Crippen molar-refractivity contribution < 1.29 is 23.8 Å². The molecule has 172 valence electrons. The lowest BCUT2D eigenvalue weighted by atomic mass is 9.51. The summed E-state index contributed by atoms with van der Waals surface area (Å²) in [5, 5.41) is 0. The highest BCUT2D eigenvalue weighted by Gasteiger charge is 2.55. The second-order valence-electron chi connectivity index (χ2n) is 10.6. The first kappa shape index (κ1) is 23.9. The van der Waals surface area contributed by atoms with Crippen LogP contribution in [0.3, 0.4) is 0 Å². The molecule has 0 saturated heterocycles. The molecule has 5 heteroatoms. The maximum atomic E-state index is 12.0. The number of ether oxygens (including phenoxy) is 3. The van der Waals surface area contributed by atoms with Gasteiger partial charge in [0.1, 0.15) is 5.78 Å². The van der Waals surface area contributed by atoms with Gasteiger partial charge in [-0.15, -0.1) is 0 Å². The Bertz CT molecular complexity index is 814. The summed E-state index contributed by atoms with van der Waals surface area (Å²) < 4.78 is 17.4. The third-order valence-electron chi connectivity index (χ3n) is 7.64. The fraction of sp³-hybridized carbons (Fsp3) is 0.692. The average molecular weight is 431 g/mol. The molecule has 0 amide bonds. The largest absolute Gasteiger partial charge is 0.432 e. The summed E-state index contributed by atoms with van der Waals surface area (Å²) in [5.74, 6) is 0.662. The molecule has 0 aromatic carbocycles. The monoisotopic (exact) mass is 430 g/mol. The first-order chi connectivity index (χ1) is 14.5. The summed E-state index contributed by atoms with van der Waals surface area (Å²) in [6, 6.07) is 0. The van der Waals surface area contributed by atoms with Gasteiger partial charge in [0.25, 0.3) is 0 Å². The van der Waals surface area contributed by atoms with Gasteiger partial charge in [0.05, 0.1) is 24.6 Å². The molecule has 0 radical (unpaired) electrons. The highest BCUT2D eigenvalue weighted by Crippen LogP contribution is 2.60. The molecular weight excluding hydrogens is 392 g/mol. The lowest BCUT2D eigenvalue weighted by Gasteiger charge is -2.54. The van der Waals surface area contributed by atoms with Crippen LogP contribution in [0, 0.1) is 23.2 Å². The fourth-order valence-corrected chi connectivity index (χ4v) is 5.95. The molecule has 0 N–H and O–H groups in total. The topological polar surface area (TPSA) is 61.8 Å². The van der Waals surface area contributed by atoms with E-state index in [2.05, 4.69) is 20.8 Å². The number of carbonyl (C=O) groups excluding carboxylic acids is 2. The van der Waals surface area contributed by atoms with E-state index in [1.807, 2.05) is 19.9 Å². The Morgan fingerprint density at radius 1 is 1.26 bits per heavy atom. The summed E-state index contributed by atoms with van der Waals surface area (Å²) >= 11 is 0. The summed E-state index contributed by atoms with van der Waals surface area (Å²) in [7, 11) is 1.79. The van der Waals surface area contributed by atoms with Crippen molar-refractivity contribution in [2.45, 2.75) is 78.9 Å². The zero-order chi connectivity index (χ0) is 23.0. The first-order valence-electron chi connectivity index (χ1n) is 11.4. The number of fused-ring (bicyclic) bond motifs is 3. The number of carbonyl (C=O) groups is 2. The maximum Gasteiger partial charge on any atom is 0.335 e. The van der Waals surface area contributed by atoms with Crippen LogP contribution in [0.25, 0.3) is 0 Å². The molecule has 0 spiro atoms. The van der Waals surface area contributed by atoms with Gasteiger partial charge in [-0.2, -0.15) is 0 Å². The Morgan fingerprint density at radius 2 is 1.97 bits per heavy atom. The SMILES string of the molecule is COC(C)(C)C1CCC2(C)CC1C1=C(C(CC(C)=O)OC1)C2C=COC(=O)C=C(C)C. The molecule has 2 bridgehead atoms. The standard InChI is InChI=1S/C26H38O5/c1-16(2)12-23(28)30-11-9-21-24-19(15-31-22(24)13-17(3)27)18-14-26(21,6)10-8-20(18)25(4,5)29-7/h9,11-12,18,20-22H,8,10,13-15H2,1-7H3. The molecule has 1 saturated carbocycles. The smallest absolute Gasteiger partial charge is 0.335 e. The lowest BCUT2D eigenvalue weighted by molar-refractivity contribution is -0.132. The normalized spacial score (nSPS) is 32.7. The van der Waals surface area contributed by atoms with Crippen LogP contribution in [0.5, 0.6) is 0 Å². The van der Waals surface area contributed by atoms with Crippen molar-refractivity contribution in [1.29, 1.82) is 0 Å². The summed E-state index contributed by atoms with van der Waals surface area (Å²) in [6.45, 7) is 12.6. The van der Waals surface area contributed by atoms with Gasteiger partial charge in [-0.1, -0.05) is 12.5 Å². The van der Waals surface area contributed by atoms with Crippen molar-refractivity contribution >= 4 is 11.8 Å². The van der Waals surface area contributed by atoms with Crippen molar-refractivity contribution in [3.63, 3.8) is 0 Å². The molecule has 1 fully saturated rings. The third kappa shape index (κ3) is 4.88. The predicted molar refractivity (Wildman–Crippen MR) is 120 cm³/mol. The van der Waals surface area contributed by atoms with Gasteiger partial charge in [-0.05, 0) is 88.4 Å². The summed E-state index contributed by atoms with van der Waals surface area (Å²) in [5.41, 5.74) is 3.29. The molecule has 5 unspecified atom stereocenters. The predicted octanol–water partition coefficient (Wildman–Crippen LogP) is 5.16. The zero-order valence-electron chi connectivity index (χ0n) is 20.1. The number of allylic oxidation sites excluding steroid dienone is 2. The van der Waals surface area contributed by atoms with E-state index in [0.717, 1.165) is 24.8 Å². The molecule has 31 heavy (non-hydrogen) atoms. The highest BCUT2D eigenvalue weighted by molar-refractivity contribution is 5.83. The van der Waals surface area contributed by atoms with E-state index in [9.17, 15) is 9.59 Å². The van der Waals surface area contributed by atoms with Gasteiger partial charge in [-0.3, -0.25) is 4.79 Å². The van der Waals surface area contributed by atoms with Gasteiger partial charge >= 0.3 is 5.97 Å². The first-order valence-corrected chi connectivity index (χ1v) is 11.4. The number of ketones is 1. The van der Waals surface area contributed by atoms with E-state index in [1.54, 1.807) is 14.0 Å². The number of esters is 1. The molecule has 0 aromatic rings. The van der Waals surface area contributed by atoms with Gasteiger partial charge in [0.15, 0.2) is 0 Å². The molecular formula is C26H38O5. The zero-order valence-corrected chi connectivity index (χ0v) is 20.1. The summed E-state index contributed by atoms with van der Waals surface area (Å²) in [4.78, 5) is 23.9. The van der Waals surface area contributed by atoms with Crippen molar-refractivity contribution in [3.05, 3.63) is 35.1 Å². The minimum Gasteiger partial charge on any atom is -0.432 e. The number of Topliss-reactive ketones (excluding diaryl/α,β-unsaturated/α-hetero) is 1. The van der Waals surface area contributed by atoms with E-state index in [1.165, 1.54) is 23.5 Å². The van der Waals surface area contributed by atoms with Crippen LogP contribution in [-0.4, -0.2) is 37.2 Å². The Hall–Kier alpha value is -1.72. The van der Waals surface area contributed by atoms with Crippen LogP contribution < -0.4 is 0 Å². The highest BCUT2D eigenvalue weighted by atomic mass is 16.5. The van der Waals surface area contributed by atoms with Gasteiger partial charge in [-0.25, -0.2) is 4.79 Å². The van der Waals surface area contributed by atoms with E-state index in [-0.39, 0.29) is 34.8 Å². The fourth-order valence-electron chi connectivity index (χ4n) is 5.95. The van der Waals surface area contributed by atoms with Crippen molar-refractivity contribution in [2.24, 2.45) is 23.2 Å². The molecule has 2 aliphatic carbocycles. The third-order valence-corrected chi connectivity index (χ3v) is 7.64. The number of hydrogen-bond donors (Lipinski definition) is 0. The molecule has 5 atom stereocenters. The van der Waals surface area contributed by atoms with E-state index < -0.39 is 0 Å². The Kier molecular flexibility index (Phi) is 6.97.